The first-order valence-electron chi connectivity index (χ1n) is 6.30. The van der Waals surface area contributed by atoms with Crippen molar-refractivity contribution in [1.82, 2.24) is 4.90 Å². The third kappa shape index (κ3) is 2.79. The van der Waals surface area contributed by atoms with Gasteiger partial charge in [-0.25, -0.2) is 0 Å². The van der Waals surface area contributed by atoms with Crippen LogP contribution in [-0.2, 0) is 5.54 Å². The first kappa shape index (κ1) is 12.4. The largest absolute Gasteiger partial charge is 0.369 e. The van der Waals surface area contributed by atoms with Crippen molar-refractivity contribution in [2.45, 2.75) is 19.4 Å². The summed E-state index contributed by atoms with van der Waals surface area (Å²) >= 11 is 0. The summed E-state index contributed by atoms with van der Waals surface area (Å²) in [5, 5.41) is 0. The standard InChI is InChI=1S/C14H23N3/c1-14(2,15)12-6-4-5-7-13(12)17-10-8-16(3)9-11-17/h4-7H,8-11,15H2,1-3H3. The lowest BCUT2D eigenvalue weighted by Crippen LogP contribution is -2.45. The Morgan fingerprint density at radius 2 is 1.65 bits per heavy atom. The number of nitrogens with two attached hydrogens (primary N) is 1. The van der Waals surface area contributed by atoms with Gasteiger partial charge < -0.3 is 15.5 Å². The van der Waals surface area contributed by atoms with E-state index in [-0.39, 0.29) is 5.54 Å². The van der Waals surface area contributed by atoms with Crippen molar-refractivity contribution in [2.24, 2.45) is 5.73 Å². The fraction of sp³-hybridized carbons (Fsp3) is 0.571. The maximum absolute atomic E-state index is 6.25. The van der Waals surface area contributed by atoms with E-state index in [0.29, 0.717) is 0 Å². The lowest BCUT2D eigenvalue weighted by molar-refractivity contribution is 0.312. The van der Waals surface area contributed by atoms with E-state index in [9.17, 15) is 0 Å². The van der Waals surface area contributed by atoms with Crippen molar-refractivity contribution in [3.05, 3.63) is 29.8 Å². The van der Waals surface area contributed by atoms with E-state index < -0.39 is 0 Å². The fourth-order valence-corrected chi connectivity index (χ4v) is 2.34. The summed E-state index contributed by atoms with van der Waals surface area (Å²) in [6, 6.07) is 8.51. The second-order valence-corrected chi connectivity index (χ2v) is 5.53. The Labute approximate surface area is 104 Å². The number of benzene rings is 1. The van der Waals surface area contributed by atoms with Crippen LogP contribution < -0.4 is 10.6 Å². The Balaban J connectivity index is 2.26. The van der Waals surface area contributed by atoms with Crippen molar-refractivity contribution in [3.8, 4) is 0 Å². The molecular formula is C14H23N3. The van der Waals surface area contributed by atoms with Crippen LogP contribution in [0.4, 0.5) is 5.69 Å². The van der Waals surface area contributed by atoms with Crippen LogP contribution in [-0.4, -0.2) is 38.1 Å². The normalized spacial score (nSPS) is 18.5. The van der Waals surface area contributed by atoms with Crippen molar-refractivity contribution < 1.29 is 0 Å². The minimum Gasteiger partial charge on any atom is -0.369 e. The molecule has 0 saturated carbocycles. The molecule has 2 N–H and O–H groups in total. The predicted octanol–water partition coefficient (Wildman–Crippen LogP) is 1.63. The topological polar surface area (TPSA) is 32.5 Å². The quantitative estimate of drug-likeness (QED) is 0.843. The number of hydrogen-bond acceptors (Lipinski definition) is 3. The molecule has 2 rings (SSSR count). The number of likely N-dealkylation sites (N-methyl/N-ethyl adjacent to an activating group) is 1. The van der Waals surface area contributed by atoms with Gasteiger partial charge in [0.15, 0.2) is 0 Å². The van der Waals surface area contributed by atoms with E-state index in [1.165, 1.54) is 11.3 Å². The van der Waals surface area contributed by atoms with Crippen LogP contribution in [0.5, 0.6) is 0 Å². The molecule has 0 aliphatic carbocycles. The molecule has 1 aromatic rings. The van der Waals surface area contributed by atoms with Gasteiger partial charge in [0, 0.05) is 37.4 Å². The smallest absolute Gasteiger partial charge is 0.0418 e. The molecule has 1 heterocycles. The van der Waals surface area contributed by atoms with Crippen LogP contribution >= 0.6 is 0 Å². The van der Waals surface area contributed by atoms with Crippen molar-refractivity contribution in [1.29, 1.82) is 0 Å². The van der Waals surface area contributed by atoms with Gasteiger partial charge in [0.25, 0.3) is 0 Å². The highest BCUT2D eigenvalue weighted by molar-refractivity contribution is 5.56. The molecule has 0 bridgehead atoms. The van der Waals surface area contributed by atoms with E-state index >= 15 is 0 Å². The Morgan fingerprint density at radius 1 is 1.06 bits per heavy atom. The van der Waals surface area contributed by atoms with E-state index in [2.05, 4.69) is 55.0 Å². The zero-order valence-corrected chi connectivity index (χ0v) is 11.1. The van der Waals surface area contributed by atoms with Gasteiger partial charge in [0.05, 0.1) is 0 Å². The Morgan fingerprint density at radius 3 is 2.24 bits per heavy atom. The molecule has 1 aromatic carbocycles. The van der Waals surface area contributed by atoms with Gasteiger partial charge in [-0.2, -0.15) is 0 Å². The van der Waals surface area contributed by atoms with Gasteiger partial charge in [-0.3, -0.25) is 0 Å². The molecule has 1 aliphatic rings. The summed E-state index contributed by atoms with van der Waals surface area (Å²) in [7, 11) is 2.18. The average molecular weight is 233 g/mol. The van der Waals surface area contributed by atoms with Crippen LogP contribution in [0, 0.1) is 0 Å². The Bertz CT molecular complexity index is 373. The molecule has 0 aromatic heterocycles. The number of anilines is 1. The lowest BCUT2D eigenvalue weighted by Gasteiger charge is -2.37. The number of nitrogens with zero attached hydrogens (tertiary/aromatic N) is 2. The van der Waals surface area contributed by atoms with Gasteiger partial charge in [-0.1, -0.05) is 18.2 Å². The Hall–Kier alpha value is -1.06. The van der Waals surface area contributed by atoms with Crippen LogP contribution in [0.1, 0.15) is 19.4 Å². The second kappa shape index (κ2) is 4.67. The summed E-state index contributed by atoms with van der Waals surface area (Å²) in [6.07, 6.45) is 0. The van der Waals surface area contributed by atoms with E-state index in [1.54, 1.807) is 0 Å². The van der Waals surface area contributed by atoms with Crippen LogP contribution in [0.2, 0.25) is 0 Å². The van der Waals surface area contributed by atoms with Gasteiger partial charge in [-0.15, -0.1) is 0 Å². The van der Waals surface area contributed by atoms with Gasteiger partial charge in [0.2, 0.25) is 0 Å². The highest BCUT2D eigenvalue weighted by Gasteiger charge is 2.22. The lowest BCUT2D eigenvalue weighted by atomic mass is 9.93. The molecule has 0 unspecified atom stereocenters. The summed E-state index contributed by atoms with van der Waals surface area (Å²) in [5.74, 6) is 0. The number of piperazine rings is 1. The number of hydrogen-bond donors (Lipinski definition) is 1. The van der Waals surface area contributed by atoms with Crippen LogP contribution in [0.25, 0.3) is 0 Å². The van der Waals surface area contributed by atoms with Gasteiger partial charge >= 0.3 is 0 Å². The molecule has 0 amide bonds. The molecule has 3 nitrogen and oxygen atoms in total. The molecule has 0 atom stereocenters. The minimum absolute atomic E-state index is 0.278. The third-order valence-corrected chi connectivity index (χ3v) is 3.44. The molecule has 3 heteroatoms. The van der Waals surface area contributed by atoms with Gasteiger partial charge in [-0.05, 0) is 32.5 Å². The average Bonchev–Trinajstić information content (AvgIpc) is 2.29. The zero-order valence-electron chi connectivity index (χ0n) is 11.1. The first-order valence-corrected chi connectivity index (χ1v) is 6.30. The SMILES string of the molecule is CN1CCN(c2ccccc2C(C)(C)N)CC1. The number of para-hydroxylation sites is 1. The molecule has 1 fully saturated rings. The summed E-state index contributed by atoms with van der Waals surface area (Å²) in [6.45, 7) is 8.57. The van der Waals surface area contributed by atoms with Crippen molar-refractivity contribution >= 4 is 5.69 Å². The zero-order chi connectivity index (χ0) is 12.5. The molecule has 0 radical (unpaired) electrons. The van der Waals surface area contributed by atoms with E-state index in [4.69, 9.17) is 5.73 Å². The highest BCUT2D eigenvalue weighted by atomic mass is 15.2. The fourth-order valence-electron chi connectivity index (χ4n) is 2.34. The maximum atomic E-state index is 6.25. The predicted molar refractivity (Wildman–Crippen MR) is 73.4 cm³/mol. The van der Waals surface area contributed by atoms with Crippen LogP contribution in [0.3, 0.4) is 0 Å². The van der Waals surface area contributed by atoms with E-state index in [0.717, 1.165) is 26.2 Å². The van der Waals surface area contributed by atoms with E-state index in [1.807, 2.05) is 0 Å². The molecule has 1 aliphatic heterocycles. The molecule has 17 heavy (non-hydrogen) atoms. The summed E-state index contributed by atoms with van der Waals surface area (Å²) < 4.78 is 0. The third-order valence-electron chi connectivity index (χ3n) is 3.44. The van der Waals surface area contributed by atoms with Crippen molar-refractivity contribution in [2.75, 3.05) is 38.1 Å². The first-order chi connectivity index (χ1) is 7.98. The molecule has 1 saturated heterocycles. The molecule has 94 valence electrons. The molecule has 0 spiro atoms. The molecular weight excluding hydrogens is 210 g/mol. The number of rotatable bonds is 2. The summed E-state index contributed by atoms with van der Waals surface area (Å²) in [4.78, 5) is 4.82. The van der Waals surface area contributed by atoms with Crippen LogP contribution in [0.15, 0.2) is 24.3 Å². The maximum Gasteiger partial charge on any atom is 0.0418 e. The Kier molecular flexibility index (Phi) is 3.40. The summed E-state index contributed by atoms with van der Waals surface area (Å²) in [5.41, 5.74) is 8.52. The monoisotopic (exact) mass is 233 g/mol. The van der Waals surface area contributed by atoms with Gasteiger partial charge in [0.1, 0.15) is 0 Å². The minimum atomic E-state index is -0.278. The highest BCUT2D eigenvalue weighted by Crippen LogP contribution is 2.29. The second-order valence-electron chi connectivity index (χ2n) is 5.53. The van der Waals surface area contributed by atoms with Crippen molar-refractivity contribution in [3.63, 3.8) is 0 Å².